The highest BCUT2D eigenvalue weighted by Gasteiger charge is 2.32. The van der Waals surface area contributed by atoms with Gasteiger partial charge in [0, 0.05) is 5.56 Å². The van der Waals surface area contributed by atoms with Gasteiger partial charge in [-0.2, -0.15) is 0 Å². The van der Waals surface area contributed by atoms with Crippen molar-refractivity contribution in [3.63, 3.8) is 0 Å². The van der Waals surface area contributed by atoms with Crippen LogP contribution in [0.2, 0.25) is 0 Å². The number of halogens is 1. The van der Waals surface area contributed by atoms with E-state index in [1.54, 1.807) is 16.7 Å². The van der Waals surface area contributed by atoms with Gasteiger partial charge in [0.05, 0.1) is 22.9 Å². The lowest BCUT2D eigenvalue weighted by atomic mass is 9.83. The second-order valence-electron chi connectivity index (χ2n) is 11.7. The molecule has 6 aromatic rings. The molecule has 0 saturated carbocycles. The molecule has 5 nitrogen and oxygen atoms in total. The summed E-state index contributed by atoms with van der Waals surface area (Å²) in [5, 5.41) is 2.33. The Morgan fingerprint density at radius 1 is 0.894 bits per heavy atom. The van der Waals surface area contributed by atoms with Gasteiger partial charge in [0.15, 0.2) is 16.3 Å². The number of benzene rings is 5. The van der Waals surface area contributed by atoms with E-state index in [1.807, 2.05) is 55.5 Å². The molecule has 232 valence electrons. The van der Waals surface area contributed by atoms with E-state index in [9.17, 15) is 9.18 Å². The summed E-state index contributed by atoms with van der Waals surface area (Å²) in [4.78, 5) is 19.9. The lowest BCUT2D eigenvalue weighted by Crippen LogP contribution is -2.38. The second-order valence-corrected chi connectivity index (χ2v) is 12.7. The minimum Gasteiger partial charge on any atom is -0.490 e. The average molecular weight is 639 g/mol. The fraction of sp³-hybridized carbons (Fsp3) is 0.150. The van der Waals surface area contributed by atoms with Crippen molar-refractivity contribution in [2.24, 2.45) is 4.99 Å². The van der Waals surface area contributed by atoms with Gasteiger partial charge in [-0.25, -0.2) is 9.38 Å². The molecule has 8 rings (SSSR count). The van der Waals surface area contributed by atoms with Crippen LogP contribution in [0.5, 0.6) is 11.5 Å². The smallest absolute Gasteiger partial charge is 0.271 e. The monoisotopic (exact) mass is 638 g/mol. The van der Waals surface area contributed by atoms with Crippen molar-refractivity contribution < 1.29 is 13.9 Å². The average Bonchev–Trinajstić information content (AvgIpc) is 3.41. The molecule has 1 aromatic heterocycles. The molecule has 0 fully saturated rings. The predicted molar refractivity (Wildman–Crippen MR) is 185 cm³/mol. The molecule has 0 radical (unpaired) electrons. The van der Waals surface area contributed by atoms with Crippen molar-refractivity contribution >= 4 is 33.9 Å². The lowest BCUT2D eigenvalue weighted by Gasteiger charge is -2.30. The van der Waals surface area contributed by atoms with Crippen LogP contribution in [0, 0.1) is 5.82 Å². The number of aryl methyl sites for hydroxylation is 1. The first kappa shape index (κ1) is 29.2. The van der Waals surface area contributed by atoms with E-state index in [4.69, 9.17) is 14.5 Å². The van der Waals surface area contributed by atoms with E-state index >= 15 is 0 Å². The Balaban J connectivity index is 1.19. The first-order chi connectivity index (χ1) is 23.1. The summed E-state index contributed by atoms with van der Waals surface area (Å²) >= 11 is 1.37. The largest absolute Gasteiger partial charge is 0.490 e. The van der Waals surface area contributed by atoms with Gasteiger partial charge in [-0.15, -0.1) is 0 Å². The van der Waals surface area contributed by atoms with Gasteiger partial charge in [-0.05, 0) is 88.7 Å². The highest BCUT2D eigenvalue weighted by molar-refractivity contribution is 7.07. The first-order valence-electron chi connectivity index (χ1n) is 15.8. The van der Waals surface area contributed by atoms with Crippen molar-refractivity contribution in [2.75, 3.05) is 6.61 Å². The minimum atomic E-state index is -0.360. The van der Waals surface area contributed by atoms with Crippen LogP contribution in [0.3, 0.4) is 0 Å². The summed E-state index contributed by atoms with van der Waals surface area (Å²) in [7, 11) is 0. The molecule has 1 aliphatic carbocycles. The Labute approximate surface area is 275 Å². The molecule has 47 heavy (non-hydrogen) atoms. The summed E-state index contributed by atoms with van der Waals surface area (Å²) in [5.74, 6) is 0.950. The van der Waals surface area contributed by atoms with Crippen LogP contribution < -0.4 is 24.4 Å². The van der Waals surface area contributed by atoms with E-state index in [2.05, 4.69) is 42.5 Å². The molecule has 0 bridgehead atoms. The SMILES string of the molecule is CCOc1cc(/C=c2\sc3n(c2=O)C(c2ccc(F)cc2)C2=C(N=3)c3ccccc3CC2)ccc1OCc1cccc2ccccc12. The molecule has 2 aliphatic rings. The van der Waals surface area contributed by atoms with Gasteiger partial charge in [0.1, 0.15) is 12.4 Å². The van der Waals surface area contributed by atoms with Crippen LogP contribution in [0.4, 0.5) is 4.39 Å². The minimum absolute atomic E-state index is 0.122. The summed E-state index contributed by atoms with van der Waals surface area (Å²) in [6.07, 6.45) is 3.53. The third-order valence-corrected chi connectivity index (χ3v) is 9.87. The molecule has 0 N–H and O–H groups in total. The van der Waals surface area contributed by atoms with E-state index in [0.29, 0.717) is 34.0 Å². The van der Waals surface area contributed by atoms with E-state index in [1.165, 1.54) is 34.4 Å². The normalized spacial score (nSPS) is 15.5. The molecule has 0 amide bonds. The molecule has 5 aromatic carbocycles. The number of rotatable bonds is 7. The predicted octanol–water partition coefficient (Wildman–Crippen LogP) is 7.59. The number of aromatic nitrogens is 1. The zero-order valence-corrected chi connectivity index (χ0v) is 26.6. The second kappa shape index (κ2) is 12.2. The van der Waals surface area contributed by atoms with E-state index in [0.717, 1.165) is 51.8 Å². The topological polar surface area (TPSA) is 52.8 Å². The zero-order chi connectivity index (χ0) is 31.9. The quantitative estimate of drug-likeness (QED) is 0.181. The first-order valence-corrected chi connectivity index (χ1v) is 16.6. The van der Waals surface area contributed by atoms with Crippen LogP contribution in [0.15, 0.2) is 125 Å². The summed E-state index contributed by atoms with van der Waals surface area (Å²) < 4.78 is 28.6. The molecule has 1 aliphatic heterocycles. The zero-order valence-electron chi connectivity index (χ0n) is 25.8. The Hall–Kier alpha value is -5.27. The number of allylic oxidation sites excluding steroid dienone is 1. The van der Waals surface area contributed by atoms with Crippen molar-refractivity contribution in [1.82, 2.24) is 4.57 Å². The molecule has 0 spiro atoms. The van der Waals surface area contributed by atoms with Crippen LogP contribution in [-0.4, -0.2) is 11.2 Å². The maximum Gasteiger partial charge on any atom is 0.271 e. The van der Waals surface area contributed by atoms with Crippen LogP contribution in [0.1, 0.15) is 47.2 Å². The number of thiazole rings is 1. The molecule has 0 saturated heterocycles. The fourth-order valence-electron chi connectivity index (χ4n) is 6.69. The van der Waals surface area contributed by atoms with E-state index in [-0.39, 0.29) is 17.4 Å². The highest BCUT2D eigenvalue weighted by atomic mass is 32.1. The summed E-state index contributed by atoms with van der Waals surface area (Å²) in [6.45, 7) is 2.81. The third kappa shape index (κ3) is 5.36. The van der Waals surface area contributed by atoms with Gasteiger partial charge in [-0.3, -0.25) is 9.36 Å². The summed E-state index contributed by atoms with van der Waals surface area (Å²) in [5.41, 5.74) is 7.01. The number of fused-ring (bicyclic) bond motifs is 4. The maximum absolute atomic E-state index is 14.2. The number of hydrogen-bond donors (Lipinski definition) is 0. The van der Waals surface area contributed by atoms with Gasteiger partial charge < -0.3 is 9.47 Å². The number of nitrogens with zero attached hydrogens (tertiary/aromatic N) is 2. The van der Waals surface area contributed by atoms with Crippen molar-refractivity contribution in [3.8, 4) is 11.5 Å². The number of hydrogen-bond acceptors (Lipinski definition) is 5. The highest BCUT2D eigenvalue weighted by Crippen LogP contribution is 2.41. The standard InChI is InChI=1S/C40H31FN2O3S/c1-2-45-35-22-25(14-21-34(35)46-24-29-11-7-10-26-8-3-5-12-31(26)29)23-36-39(44)43-38(28-15-18-30(41)19-16-28)33-20-17-27-9-4-6-13-32(27)37(33)42-40(43)47-36/h3-16,18-19,21-23,38H,2,17,20,24H2,1H3/b36-23-. The Bertz CT molecular complexity index is 2370. The van der Waals surface area contributed by atoms with Gasteiger partial charge in [0.2, 0.25) is 0 Å². The molecular weight excluding hydrogens is 608 g/mol. The van der Waals surface area contributed by atoms with Crippen LogP contribution >= 0.6 is 11.3 Å². The molecule has 1 atom stereocenters. The Morgan fingerprint density at radius 3 is 2.57 bits per heavy atom. The summed E-state index contributed by atoms with van der Waals surface area (Å²) in [6, 6.07) is 34.7. The third-order valence-electron chi connectivity index (χ3n) is 8.89. The molecule has 2 heterocycles. The van der Waals surface area contributed by atoms with Crippen LogP contribution in [-0.2, 0) is 13.0 Å². The van der Waals surface area contributed by atoms with Gasteiger partial charge in [-0.1, -0.05) is 96.3 Å². The van der Waals surface area contributed by atoms with Crippen molar-refractivity contribution in [3.05, 3.63) is 168 Å². The Kier molecular flexibility index (Phi) is 7.54. The molecular formula is C40H31FN2O3S. The fourth-order valence-corrected chi connectivity index (χ4v) is 7.70. The van der Waals surface area contributed by atoms with E-state index < -0.39 is 0 Å². The molecule has 7 heteroatoms. The lowest BCUT2D eigenvalue weighted by molar-refractivity contribution is 0.270. The molecule has 1 unspecified atom stereocenters. The van der Waals surface area contributed by atoms with Gasteiger partial charge in [0.25, 0.3) is 5.56 Å². The Morgan fingerprint density at radius 2 is 1.70 bits per heavy atom. The maximum atomic E-state index is 14.2. The van der Waals surface area contributed by atoms with Crippen molar-refractivity contribution in [2.45, 2.75) is 32.4 Å². The van der Waals surface area contributed by atoms with Gasteiger partial charge >= 0.3 is 0 Å². The number of ether oxygens (including phenoxy) is 2. The van der Waals surface area contributed by atoms with Crippen molar-refractivity contribution in [1.29, 1.82) is 0 Å². The van der Waals surface area contributed by atoms with Crippen LogP contribution in [0.25, 0.3) is 22.5 Å².